The van der Waals surface area contributed by atoms with Gasteiger partial charge in [0, 0.05) is 5.92 Å². The van der Waals surface area contributed by atoms with Crippen molar-refractivity contribution in [2.75, 3.05) is 6.54 Å². The fraction of sp³-hybridized carbons (Fsp3) is 0.769. The van der Waals surface area contributed by atoms with Crippen molar-refractivity contribution in [3.63, 3.8) is 0 Å². The lowest BCUT2D eigenvalue weighted by atomic mass is 9.92. The maximum absolute atomic E-state index is 12.0. The Kier molecular flexibility index (Phi) is 5.62. The quantitative estimate of drug-likeness (QED) is 0.756. The van der Waals surface area contributed by atoms with Crippen LogP contribution in [0, 0.1) is 5.92 Å². The summed E-state index contributed by atoms with van der Waals surface area (Å²) in [5.41, 5.74) is 6.54. The molecule has 0 aliphatic heterocycles. The molecule has 2 N–H and O–H groups in total. The maximum atomic E-state index is 12.0. The molecular weight excluding hydrogens is 186 g/mol. The van der Waals surface area contributed by atoms with Crippen LogP contribution in [-0.4, -0.2) is 12.3 Å². The lowest BCUT2D eigenvalue weighted by molar-refractivity contribution is -0.119. The monoisotopic (exact) mass is 209 g/mol. The average molecular weight is 209 g/mol. The van der Waals surface area contributed by atoms with E-state index in [9.17, 15) is 4.79 Å². The zero-order valence-electron chi connectivity index (χ0n) is 9.80. The van der Waals surface area contributed by atoms with E-state index < -0.39 is 0 Å². The second-order valence-electron chi connectivity index (χ2n) is 4.52. The molecule has 0 amide bonds. The number of nitrogens with two attached hydrogens (primary N) is 1. The van der Waals surface area contributed by atoms with E-state index in [4.69, 9.17) is 5.73 Å². The summed E-state index contributed by atoms with van der Waals surface area (Å²) in [6.45, 7) is 2.72. The molecule has 0 aromatic rings. The van der Waals surface area contributed by atoms with Gasteiger partial charge in [0.05, 0.1) is 0 Å². The number of carbonyl (C=O) groups excluding carboxylic acids is 1. The highest BCUT2D eigenvalue weighted by atomic mass is 16.1. The molecular formula is C13H23NO. The highest BCUT2D eigenvalue weighted by Crippen LogP contribution is 2.22. The second-order valence-corrected chi connectivity index (χ2v) is 4.52. The SMILES string of the molecule is CC(CCCN)C(=O)C1=CCCCCC1. The third-order valence-corrected chi connectivity index (χ3v) is 3.15. The molecule has 2 heteroatoms. The molecule has 1 aliphatic rings. The summed E-state index contributed by atoms with van der Waals surface area (Å²) in [4.78, 5) is 12.0. The zero-order chi connectivity index (χ0) is 11.1. The minimum absolute atomic E-state index is 0.165. The molecule has 2 nitrogen and oxygen atoms in total. The first-order chi connectivity index (χ1) is 7.25. The summed E-state index contributed by atoms with van der Waals surface area (Å²) in [6, 6.07) is 0. The van der Waals surface area contributed by atoms with E-state index in [1.54, 1.807) is 0 Å². The molecule has 86 valence electrons. The number of allylic oxidation sites excluding steroid dienone is 2. The largest absolute Gasteiger partial charge is 0.330 e. The molecule has 0 fully saturated rings. The summed E-state index contributed by atoms with van der Waals surface area (Å²) in [7, 11) is 0. The van der Waals surface area contributed by atoms with E-state index in [2.05, 4.69) is 6.08 Å². The van der Waals surface area contributed by atoms with Gasteiger partial charge in [-0.05, 0) is 50.6 Å². The Bertz CT molecular complexity index is 233. The van der Waals surface area contributed by atoms with Gasteiger partial charge in [-0.3, -0.25) is 4.79 Å². The smallest absolute Gasteiger partial charge is 0.161 e. The minimum atomic E-state index is 0.165. The summed E-state index contributed by atoms with van der Waals surface area (Å²) >= 11 is 0. The number of ketones is 1. The zero-order valence-corrected chi connectivity index (χ0v) is 9.80. The van der Waals surface area contributed by atoms with Gasteiger partial charge in [-0.15, -0.1) is 0 Å². The summed E-state index contributed by atoms with van der Waals surface area (Å²) in [6.07, 6.45) is 9.83. The first kappa shape index (κ1) is 12.4. The highest BCUT2D eigenvalue weighted by molar-refractivity contribution is 5.96. The molecule has 1 rings (SSSR count). The normalized spacial score (nSPS) is 19.2. The van der Waals surface area contributed by atoms with Crippen LogP contribution in [0.15, 0.2) is 11.6 Å². The highest BCUT2D eigenvalue weighted by Gasteiger charge is 2.17. The van der Waals surface area contributed by atoms with Crippen molar-refractivity contribution in [2.24, 2.45) is 11.7 Å². The van der Waals surface area contributed by atoms with Crippen LogP contribution >= 0.6 is 0 Å². The van der Waals surface area contributed by atoms with E-state index in [1.165, 1.54) is 19.3 Å². The van der Waals surface area contributed by atoms with Gasteiger partial charge in [-0.1, -0.05) is 19.4 Å². The van der Waals surface area contributed by atoms with Crippen molar-refractivity contribution in [3.05, 3.63) is 11.6 Å². The third kappa shape index (κ3) is 4.17. The molecule has 0 aromatic heterocycles. The molecule has 0 bridgehead atoms. The van der Waals surface area contributed by atoms with Crippen LogP contribution in [0.5, 0.6) is 0 Å². The number of carbonyl (C=O) groups is 1. The molecule has 0 spiro atoms. The summed E-state index contributed by atoms with van der Waals surface area (Å²) < 4.78 is 0. The predicted molar refractivity (Wildman–Crippen MR) is 63.6 cm³/mol. The Morgan fingerprint density at radius 3 is 3.00 bits per heavy atom. The molecule has 0 radical (unpaired) electrons. The van der Waals surface area contributed by atoms with Crippen molar-refractivity contribution in [1.82, 2.24) is 0 Å². The topological polar surface area (TPSA) is 43.1 Å². The molecule has 15 heavy (non-hydrogen) atoms. The molecule has 0 heterocycles. The molecule has 1 aliphatic carbocycles. The van der Waals surface area contributed by atoms with Crippen molar-refractivity contribution < 1.29 is 4.79 Å². The van der Waals surface area contributed by atoms with Gasteiger partial charge in [-0.2, -0.15) is 0 Å². The van der Waals surface area contributed by atoms with Crippen LogP contribution in [0.25, 0.3) is 0 Å². The first-order valence-corrected chi connectivity index (χ1v) is 6.19. The van der Waals surface area contributed by atoms with Gasteiger partial charge in [-0.25, -0.2) is 0 Å². The Labute approximate surface area is 92.9 Å². The number of hydrogen-bond acceptors (Lipinski definition) is 2. The molecule has 1 atom stereocenters. The Hall–Kier alpha value is -0.630. The number of hydrogen-bond donors (Lipinski definition) is 1. The second kappa shape index (κ2) is 6.78. The van der Waals surface area contributed by atoms with Crippen molar-refractivity contribution in [2.45, 2.75) is 51.9 Å². The van der Waals surface area contributed by atoms with E-state index in [-0.39, 0.29) is 5.92 Å². The molecule has 0 aromatic carbocycles. The van der Waals surface area contributed by atoms with Gasteiger partial charge >= 0.3 is 0 Å². The van der Waals surface area contributed by atoms with Gasteiger partial charge in [0.2, 0.25) is 0 Å². The summed E-state index contributed by atoms with van der Waals surface area (Å²) in [5, 5.41) is 0. The fourth-order valence-corrected chi connectivity index (χ4v) is 2.11. The van der Waals surface area contributed by atoms with Gasteiger partial charge < -0.3 is 5.73 Å². The average Bonchev–Trinajstić information content (AvgIpc) is 2.53. The van der Waals surface area contributed by atoms with Gasteiger partial charge in [0.15, 0.2) is 5.78 Å². The Morgan fingerprint density at radius 1 is 1.47 bits per heavy atom. The summed E-state index contributed by atoms with van der Waals surface area (Å²) in [5.74, 6) is 0.531. The molecule has 1 unspecified atom stereocenters. The predicted octanol–water partition coefficient (Wildman–Crippen LogP) is 2.82. The van der Waals surface area contributed by atoms with E-state index in [0.717, 1.165) is 31.3 Å². The van der Waals surface area contributed by atoms with Crippen molar-refractivity contribution in [1.29, 1.82) is 0 Å². The van der Waals surface area contributed by atoms with E-state index in [0.29, 0.717) is 12.3 Å². The minimum Gasteiger partial charge on any atom is -0.330 e. The molecule has 0 saturated heterocycles. The lowest BCUT2D eigenvalue weighted by Gasteiger charge is -2.11. The van der Waals surface area contributed by atoms with Crippen LogP contribution in [-0.2, 0) is 4.79 Å². The van der Waals surface area contributed by atoms with Crippen LogP contribution in [0.4, 0.5) is 0 Å². The Morgan fingerprint density at radius 2 is 2.27 bits per heavy atom. The molecule has 0 saturated carbocycles. The van der Waals surface area contributed by atoms with Gasteiger partial charge in [0.1, 0.15) is 0 Å². The van der Waals surface area contributed by atoms with E-state index in [1.807, 2.05) is 6.92 Å². The van der Waals surface area contributed by atoms with E-state index >= 15 is 0 Å². The lowest BCUT2D eigenvalue weighted by Crippen LogP contribution is -2.15. The standard InChI is InChI=1S/C13H23NO/c1-11(7-6-10-14)13(15)12-8-4-2-3-5-9-12/h8,11H,2-7,9-10,14H2,1H3. The van der Waals surface area contributed by atoms with Crippen LogP contribution in [0.2, 0.25) is 0 Å². The number of Topliss-reactive ketones (excluding diaryl/α,β-unsaturated/α-hetero) is 1. The third-order valence-electron chi connectivity index (χ3n) is 3.15. The van der Waals surface area contributed by atoms with Crippen LogP contribution in [0.1, 0.15) is 51.9 Å². The maximum Gasteiger partial charge on any atom is 0.161 e. The number of rotatable bonds is 5. The fourth-order valence-electron chi connectivity index (χ4n) is 2.11. The van der Waals surface area contributed by atoms with Gasteiger partial charge in [0.25, 0.3) is 0 Å². The van der Waals surface area contributed by atoms with Crippen LogP contribution < -0.4 is 5.73 Å². The van der Waals surface area contributed by atoms with Crippen LogP contribution in [0.3, 0.4) is 0 Å². The Balaban J connectivity index is 2.46. The van der Waals surface area contributed by atoms with Crippen molar-refractivity contribution in [3.8, 4) is 0 Å². The van der Waals surface area contributed by atoms with Crippen molar-refractivity contribution >= 4 is 5.78 Å². The first-order valence-electron chi connectivity index (χ1n) is 6.19.